The van der Waals surface area contributed by atoms with E-state index in [1.165, 1.54) is 0 Å². The van der Waals surface area contributed by atoms with Crippen molar-refractivity contribution in [2.75, 3.05) is 47.5 Å². The number of aliphatic hydroxyl groups excluding tert-OH is 1. The van der Waals surface area contributed by atoms with Crippen molar-refractivity contribution < 1.29 is 33.8 Å². The number of nitrogens with zero attached hydrogens (tertiary/aromatic N) is 3. The van der Waals surface area contributed by atoms with Gasteiger partial charge in [0, 0.05) is 53.0 Å². The van der Waals surface area contributed by atoms with Crippen molar-refractivity contribution in [3.05, 3.63) is 35.9 Å². The number of likely N-dealkylation sites (N-methyl/N-ethyl adjacent to an activating group) is 1. The number of piperazine rings is 1. The Kier molecular flexibility index (Phi) is 19.7. The summed E-state index contributed by atoms with van der Waals surface area (Å²) in [5, 5.41) is 19.4. The summed E-state index contributed by atoms with van der Waals surface area (Å²) in [6, 6.07) is 7.40. The van der Waals surface area contributed by atoms with Gasteiger partial charge in [-0.05, 0) is 50.5 Å². The summed E-state index contributed by atoms with van der Waals surface area (Å²) in [6.45, 7) is 15.4. The molecule has 2 aliphatic heterocycles. The molecular weight excluding hydrogens is 712 g/mol. The van der Waals surface area contributed by atoms with Crippen molar-refractivity contribution in [1.82, 2.24) is 30.7 Å². The molecule has 1 aromatic rings. The molecule has 2 aliphatic rings. The molecule has 0 unspecified atom stereocenters. The van der Waals surface area contributed by atoms with Crippen LogP contribution in [0.15, 0.2) is 30.3 Å². The maximum Gasteiger partial charge on any atom is 0.318 e. The van der Waals surface area contributed by atoms with E-state index in [0.717, 1.165) is 18.4 Å². The van der Waals surface area contributed by atoms with E-state index >= 15 is 0 Å². The Morgan fingerprint density at radius 3 is 2.17 bits per heavy atom. The van der Waals surface area contributed by atoms with Gasteiger partial charge in [0.15, 0.2) is 0 Å². The van der Waals surface area contributed by atoms with E-state index in [0.29, 0.717) is 32.5 Å². The molecule has 2 saturated heterocycles. The Morgan fingerprint density at radius 1 is 1.00 bits per heavy atom. The molecule has 2 fully saturated rings. The van der Waals surface area contributed by atoms with Crippen LogP contribution < -0.4 is 16.0 Å². The maximum atomic E-state index is 14.3. The van der Waals surface area contributed by atoms with Gasteiger partial charge in [-0.15, -0.1) is 12.4 Å². The van der Waals surface area contributed by atoms with E-state index < -0.39 is 36.3 Å². The van der Waals surface area contributed by atoms with Gasteiger partial charge in [-0.3, -0.25) is 14.4 Å². The molecule has 54 heavy (non-hydrogen) atoms. The largest absolute Gasteiger partial charge is 0.394 e. The molecule has 0 saturated carbocycles. The number of hydrogen-bond donors (Lipinski definition) is 4. The van der Waals surface area contributed by atoms with E-state index in [1.54, 1.807) is 38.0 Å². The summed E-state index contributed by atoms with van der Waals surface area (Å²) >= 11 is 0. The van der Waals surface area contributed by atoms with Gasteiger partial charge in [-0.25, -0.2) is 4.79 Å². The van der Waals surface area contributed by atoms with E-state index in [-0.39, 0.29) is 79.1 Å². The normalized spacial score (nSPS) is 22.6. The number of aliphatic hydroxyl groups is 1. The monoisotopic (exact) mass is 780 g/mol. The molecule has 13 nitrogen and oxygen atoms in total. The van der Waals surface area contributed by atoms with Gasteiger partial charge in [-0.2, -0.15) is 0 Å². The minimum absolute atomic E-state index is 0. The molecule has 5 amide bonds. The number of amides is 5. The van der Waals surface area contributed by atoms with Gasteiger partial charge in [0.1, 0.15) is 6.04 Å². The molecule has 3 rings (SSSR count). The van der Waals surface area contributed by atoms with Crippen molar-refractivity contribution in [2.45, 2.75) is 129 Å². The first kappa shape index (κ1) is 47.2. The SMILES string of the molecule is CC[C@H](C)[C@@H]([C@@H](CC(=O)N1CCC[C@H]1[C@H](OC)[C@@H](C)C(=O)N[C@H](CO)Cc1ccccc1)OC)N(C)C(=O)[C@@H](NC(=O)N1[C@H](C)CNC[C@@H]1C)C(C)C.Cl. The number of likely N-dealkylation sites (tertiary alicyclic amines) is 1. The Morgan fingerprint density at radius 2 is 1.63 bits per heavy atom. The Hall–Kier alpha value is -2.97. The highest BCUT2D eigenvalue weighted by Gasteiger charge is 2.43. The van der Waals surface area contributed by atoms with Gasteiger partial charge < -0.3 is 45.2 Å². The summed E-state index contributed by atoms with van der Waals surface area (Å²) in [6.07, 6.45) is 1.54. The van der Waals surface area contributed by atoms with Crippen LogP contribution in [0.1, 0.15) is 79.7 Å². The summed E-state index contributed by atoms with van der Waals surface area (Å²) in [5.74, 6) is -1.38. The third-order valence-electron chi connectivity index (χ3n) is 11.4. The second-order valence-corrected chi connectivity index (χ2v) is 15.6. The molecule has 0 aliphatic carbocycles. The van der Waals surface area contributed by atoms with Crippen molar-refractivity contribution in [2.24, 2.45) is 17.8 Å². The van der Waals surface area contributed by atoms with E-state index in [1.807, 2.05) is 69.9 Å². The van der Waals surface area contributed by atoms with Crippen LogP contribution in [0.3, 0.4) is 0 Å². The Labute approximate surface area is 330 Å². The molecule has 2 heterocycles. The molecule has 0 spiro atoms. The first-order chi connectivity index (χ1) is 25.2. The fourth-order valence-corrected chi connectivity index (χ4v) is 8.17. The van der Waals surface area contributed by atoms with Gasteiger partial charge in [0.2, 0.25) is 17.7 Å². The second-order valence-electron chi connectivity index (χ2n) is 15.6. The maximum absolute atomic E-state index is 14.3. The quantitative estimate of drug-likeness (QED) is 0.177. The lowest BCUT2D eigenvalue weighted by Crippen LogP contribution is -2.63. The van der Waals surface area contributed by atoms with Crippen LogP contribution in [0.25, 0.3) is 0 Å². The number of hydrogen-bond acceptors (Lipinski definition) is 8. The number of carbonyl (C=O) groups is 4. The number of carbonyl (C=O) groups excluding carboxylic acids is 4. The van der Waals surface area contributed by atoms with E-state index in [9.17, 15) is 24.3 Å². The van der Waals surface area contributed by atoms with Crippen molar-refractivity contribution >= 4 is 36.2 Å². The third-order valence-corrected chi connectivity index (χ3v) is 11.4. The summed E-state index contributed by atoms with van der Waals surface area (Å²) in [5.41, 5.74) is 1.01. The smallest absolute Gasteiger partial charge is 0.318 e. The van der Waals surface area contributed by atoms with Crippen LogP contribution >= 0.6 is 12.4 Å². The van der Waals surface area contributed by atoms with Gasteiger partial charge in [0.25, 0.3) is 0 Å². The molecule has 14 heteroatoms. The lowest BCUT2D eigenvalue weighted by atomic mass is 9.89. The lowest BCUT2D eigenvalue weighted by Gasteiger charge is -2.42. The van der Waals surface area contributed by atoms with Crippen LogP contribution in [-0.4, -0.2) is 140 Å². The van der Waals surface area contributed by atoms with Gasteiger partial charge >= 0.3 is 6.03 Å². The standard InChI is InChI=1S/C40H68N6O7.ClH/c1-11-26(4)36(44(8)39(50)35(25(2)3)43-40(51)46-27(5)22-41-23-28(46)6)33(52-9)21-34(48)45-19-15-18-32(45)37(53-10)29(7)38(49)42-31(24-47)20-30-16-13-12-14-17-30;/h12-14,16-17,25-29,31-33,35-37,41,47H,11,15,18-24H2,1-10H3,(H,42,49)(H,43,51);1H/t26-,27-,28+,29+,31-,32-,33+,35-,36-,37+;/m0./s1. The minimum atomic E-state index is -0.766. The molecule has 1 aromatic carbocycles. The number of urea groups is 1. The first-order valence-corrected chi connectivity index (χ1v) is 19.6. The number of halogens is 1. The van der Waals surface area contributed by atoms with Crippen LogP contribution in [0.2, 0.25) is 0 Å². The zero-order valence-corrected chi connectivity index (χ0v) is 35.1. The fourth-order valence-electron chi connectivity index (χ4n) is 8.17. The molecule has 4 N–H and O–H groups in total. The second kappa shape index (κ2) is 22.6. The van der Waals surface area contributed by atoms with Crippen LogP contribution in [0, 0.1) is 17.8 Å². The number of nitrogens with one attached hydrogen (secondary N) is 3. The predicted octanol–water partition coefficient (Wildman–Crippen LogP) is 3.46. The van der Waals surface area contributed by atoms with Gasteiger partial charge in [0.05, 0.1) is 49.3 Å². The number of benzene rings is 1. The van der Waals surface area contributed by atoms with Crippen molar-refractivity contribution in [1.29, 1.82) is 0 Å². The number of methoxy groups -OCH3 is 2. The zero-order chi connectivity index (χ0) is 39.4. The Bertz CT molecular complexity index is 1310. The van der Waals surface area contributed by atoms with Crippen molar-refractivity contribution in [3.63, 3.8) is 0 Å². The first-order valence-electron chi connectivity index (χ1n) is 19.6. The summed E-state index contributed by atoms with van der Waals surface area (Å²) < 4.78 is 12.0. The lowest BCUT2D eigenvalue weighted by molar-refractivity contribution is -0.147. The fraction of sp³-hybridized carbons (Fsp3) is 0.750. The van der Waals surface area contributed by atoms with Crippen LogP contribution in [0.4, 0.5) is 4.79 Å². The van der Waals surface area contributed by atoms with Crippen molar-refractivity contribution in [3.8, 4) is 0 Å². The van der Waals surface area contributed by atoms with E-state index in [4.69, 9.17) is 9.47 Å². The molecular formula is C40H69ClN6O7. The van der Waals surface area contributed by atoms with Gasteiger partial charge in [-0.1, -0.05) is 71.4 Å². The predicted molar refractivity (Wildman–Crippen MR) is 213 cm³/mol. The van der Waals surface area contributed by atoms with E-state index in [2.05, 4.69) is 22.9 Å². The third kappa shape index (κ3) is 12.0. The molecule has 0 bridgehead atoms. The highest BCUT2D eigenvalue weighted by molar-refractivity contribution is 5.88. The molecule has 0 radical (unpaired) electrons. The van der Waals surface area contributed by atoms with Crippen LogP contribution in [0.5, 0.6) is 0 Å². The number of rotatable bonds is 18. The molecule has 308 valence electrons. The highest BCUT2D eigenvalue weighted by atomic mass is 35.5. The Balaban J connectivity index is 0.0000101. The minimum Gasteiger partial charge on any atom is -0.394 e. The summed E-state index contributed by atoms with van der Waals surface area (Å²) in [4.78, 5) is 60.8. The van der Waals surface area contributed by atoms with Crippen LogP contribution in [-0.2, 0) is 30.3 Å². The zero-order valence-electron chi connectivity index (χ0n) is 34.2. The molecule has 10 atom stereocenters. The average molecular weight is 781 g/mol. The highest BCUT2D eigenvalue weighted by Crippen LogP contribution is 2.30. The number of ether oxygens (including phenoxy) is 2. The topological polar surface area (TPSA) is 153 Å². The average Bonchev–Trinajstić information content (AvgIpc) is 3.62. The summed E-state index contributed by atoms with van der Waals surface area (Å²) in [7, 11) is 4.87. The molecule has 0 aromatic heterocycles.